The lowest BCUT2D eigenvalue weighted by Crippen LogP contribution is -3.18. The van der Waals surface area contributed by atoms with Crippen LogP contribution in [-0.2, 0) is 15.0 Å². The van der Waals surface area contributed by atoms with E-state index in [2.05, 4.69) is 114 Å². The minimum absolute atomic E-state index is 0.166. The smallest absolute Gasteiger partial charge is 0.230 e. The molecule has 6 aliphatic rings. The highest BCUT2D eigenvalue weighted by molar-refractivity contribution is 6.04. The Morgan fingerprint density at radius 1 is 0.605 bits per heavy atom. The Kier molecular flexibility index (Phi) is 4.70. The van der Waals surface area contributed by atoms with Gasteiger partial charge in [0.05, 0.1) is 10.8 Å². The molecule has 2 aromatic carbocycles. The van der Waals surface area contributed by atoms with Gasteiger partial charge in [-0.1, -0.05) is 54.6 Å². The summed E-state index contributed by atoms with van der Waals surface area (Å²) in [5, 5.41) is 0. The SMILES string of the molecule is CC(C)N(C(=O)C12C3C4C1C1(c5ccc(-c6ccccc6)cc5)C2C3C41C(=O)N(C(C)C)C(C)C)C(C)C. The first-order valence-electron chi connectivity index (χ1n) is 14.8. The van der Waals surface area contributed by atoms with Crippen LogP contribution in [0.2, 0.25) is 0 Å². The third-order valence-corrected chi connectivity index (χ3v) is 11.7. The van der Waals surface area contributed by atoms with Gasteiger partial charge in [-0.25, -0.2) is 0 Å². The maximum atomic E-state index is 14.5. The molecule has 6 aliphatic carbocycles. The highest BCUT2D eigenvalue weighted by atomic mass is 16.2. The fraction of sp³-hybridized carbons (Fsp3) is 0.588. The predicted octanol–water partition coefficient (Wildman–Crippen LogP) is 6.00. The number of hydrogen-bond acceptors (Lipinski definition) is 2. The normalized spacial score (nSPS) is 38.2. The first kappa shape index (κ1) is 24.4. The van der Waals surface area contributed by atoms with Crippen LogP contribution in [0, 0.1) is 40.4 Å². The molecule has 0 aliphatic heterocycles. The molecule has 200 valence electrons. The third kappa shape index (κ3) is 2.12. The van der Waals surface area contributed by atoms with Crippen LogP contribution in [0.25, 0.3) is 11.1 Å². The van der Waals surface area contributed by atoms with Gasteiger partial charge in [-0.05, 0) is 102 Å². The van der Waals surface area contributed by atoms with E-state index in [-0.39, 0.29) is 40.4 Å². The largest absolute Gasteiger partial charge is 0.337 e. The van der Waals surface area contributed by atoms with Gasteiger partial charge in [-0.15, -0.1) is 0 Å². The summed E-state index contributed by atoms with van der Waals surface area (Å²) in [5.41, 5.74) is 3.03. The molecular formula is C34H42N2O2. The number of benzene rings is 2. The summed E-state index contributed by atoms with van der Waals surface area (Å²) in [6, 6.07) is 20.3. The predicted molar refractivity (Wildman–Crippen MR) is 150 cm³/mol. The van der Waals surface area contributed by atoms with Crippen molar-refractivity contribution >= 4 is 11.8 Å². The number of rotatable bonds is 8. The van der Waals surface area contributed by atoms with Gasteiger partial charge in [0, 0.05) is 29.6 Å². The average Bonchev–Trinajstić information content (AvgIpc) is 2.87. The van der Waals surface area contributed by atoms with Gasteiger partial charge >= 0.3 is 0 Å². The van der Waals surface area contributed by atoms with Crippen molar-refractivity contribution in [3.63, 3.8) is 0 Å². The summed E-state index contributed by atoms with van der Waals surface area (Å²) in [6.45, 7) is 17.2. The van der Waals surface area contributed by atoms with Crippen LogP contribution in [-0.4, -0.2) is 45.8 Å². The zero-order chi connectivity index (χ0) is 27.1. The van der Waals surface area contributed by atoms with Crippen molar-refractivity contribution in [3.8, 4) is 11.1 Å². The van der Waals surface area contributed by atoms with E-state index in [0.717, 1.165) is 0 Å². The molecule has 0 heterocycles. The molecule has 0 bridgehead atoms. The summed E-state index contributed by atoms with van der Waals surface area (Å²) in [6.07, 6.45) is 0. The second-order valence-electron chi connectivity index (χ2n) is 13.9. The minimum atomic E-state index is -0.293. The Balaban J connectivity index is 1.31. The molecule has 2 amide bonds. The lowest BCUT2D eigenvalue weighted by atomic mass is 8.87. The maximum absolute atomic E-state index is 14.5. The molecular weight excluding hydrogens is 468 g/mol. The summed E-state index contributed by atoms with van der Waals surface area (Å²) in [4.78, 5) is 33.1. The molecule has 38 heavy (non-hydrogen) atoms. The number of hydrogen-bond donors (Lipinski definition) is 0. The molecule has 8 rings (SSSR count). The lowest BCUT2D eigenvalue weighted by Gasteiger charge is -3.14. The van der Waals surface area contributed by atoms with Crippen LogP contribution in [0.1, 0.15) is 61.0 Å². The Labute approximate surface area is 227 Å². The van der Waals surface area contributed by atoms with Crippen LogP contribution >= 0.6 is 0 Å². The fourth-order valence-corrected chi connectivity index (χ4v) is 11.3. The summed E-state index contributed by atoms with van der Waals surface area (Å²) in [5.74, 6) is 2.54. The fourth-order valence-electron chi connectivity index (χ4n) is 11.3. The number of carbonyl (C=O) groups is 2. The van der Waals surface area contributed by atoms with E-state index in [1.165, 1.54) is 16.7 Å². The molecule has 6 saturated carbocycles. The van der Waals surface area contributed by atoms with Crippen molar-refractivity contribution in [1.29, 1.82) is 0 Å². The minimum Gasteiger partial charge on any atom is -0.337 e. The standard InChI is InChI=1S/C34H42N2O2/c1-18(2)35(19(3)4)30(37)32-25-26-28(32)33(24-16-14-23(15-17-24)22-12-10-9-11-13-22)29(32)27(25)34(26,33)31(38)36(20(5)6)21(7)8/h9-21,25-29H,1-8H3. The Morgan fingerprint density at radius 3 is 1.53 bits per heavy atom. The quantitative estimate of drug-likeness (QED) is 0.437. The summed E-state index contributed by atoms with van der Waals surface area (Å²) >= 11 is 0. The van der Waals surface area contributed by atoms with Crippen molar-refractivity contribution < 1.29 is 9.59 Å². The van der Waals surface area contributed by atoms with E-state index >= 15 is 0 Å². The maximum Gasteiger partial charge on any atom is 0.230 e. The molecule has 4 heteroatoms. The molecule has 6 fully saturated rings. The molecule has 0 N–H and O–H groups in total. The van der Waals surface area contributed by atoms with Gasteiger partial charge < -0.3 is 9.80 Å². The number of carbonyl (C=O) groups excluding carboxylic acids is 2. The Morgan fingerprint density at radius 2 is 1.05 bits per heavy atom. The van der Waals surface area contributed by atoms with E-state index in [9.17, 15) is 9.59 Å². The second-order valence-corrected chi connectivity index (χ2v) is 13.9. The van der Waals surface area contributed by atoms with Crippen LogP contribution in [0.15, 0.2) is 54.6 Å². The van der Waals surface area contributed by atoms with E-state index in [4.69, 9.17) is 0 Å². The average molecular weight is 511 g/mol. The van der Waals surface area contributed by atoms with Crippen molar-refractivity contribution in [2.45, 2.75) is 85.0 Å². The van der Waals surface area contributed by atoms with Gasteiger partial charge in [0.2, 0.25) is 11.8 Å². The monoisotopic (exact) mass is 510 g/mol. The van der Waals surface area contributed by atoms with E-state index in [1.54, 1.807) is 0 Å². The van der Waals surface area contributed by atoms with Crippen LogP contribution < -0.4 is 0 Å². The first-order valence-corrected chi connectivity index (χ1v) is 14.8. The molecule has 0 saturated heterocycles. The van der Waals surface area contributed by atoms with Crippen LogP contribution in [0.3, 0.4) is 0 Å². The molecule has 4 unspecified atom stereocenters. The Hall–Kier alpha value is -2.62. The highest BCUT2D eigenvalue weighted by Gasteiger charge is 3.18. The number of nitrogens with zero attached hydrogens (tertiary/aromatic N) is 2. The zero-order valence-corrected chi connectivity index (χ0v) is 24.1. The van der Waals surface area contributed by atoms with E-state index < -0.39 is 0 Å². The van der Waals surface area contributed by atoms with Gasteiger partial charge in [-0.2, -0.15) is 0 Å². The van der Waals surface area contributed by atoms with Crippen molar-refractivity contribution in [1.82, 2.24) is 9.80 Å². The zero-order valence-electron chi connectivity index (χ0n) is 24.1. The van der Waals surface area contributed by atoms with E-state index in [0.29, 0.717) is 41.4 Å². The summed E-state index contributed by atoms with van der Waals surface area (Å²) in [7, 11) is 0. The highest BCUT2D eigenvalue weighted by Crippen LogP contribution is 3.14. The van der Waals surface area contributed by atoms with Crippen LogP contribution in [0.5, 0.6) is 0 Å². The molecule has 2 aromatic rings. The molecule has 0 spiro atoms. The number of amides is 2. The summed E-state index contributed by atoms with van der Waals surface area (Å²) < 4.78 is 0. The van der Waals surface area contributed by atoms with Crippen LogP contribution in [0.4, 0.5) is 0 Å². The molecule has 4 atom stereocenters. The topological polar surface area (TPSA) is 40.6 Å². The molecule has 0 radical (unpaired) electrons. The van der Waals surface area contributed by atoms with Gasteiger partial charge in [-0.3, -0.25) is 9.59 Å². The second kappa shape index (κ2) is 7.31. The van der Waals surface area contributed by atoms with Crippen molar-refractivity contribution in [3.05, 3.63) is 60.2 Å². The molecule has 0 aromatic heterocycles. The van der Waals surface area contributed by atoms with Gasteiger partial charge in [0.25, 0.3) is 0 Å². The van der Waals surface area contributed by atoms with Crippen molar-refractivity contribution in [2.24, 2.45) is 40.4 Å². The first-order chi connectivity index (χ1) is 18.0. The van der Waals surface area contributed by atoms with E-state index in [1.807, 2.05) is 6.07 Å². The van der Waals surface area contributed by atoms with Gasteiger partial charge in [0.15, 0.2) is 0 Å². The Bertz CT molecular complexity index is 1290. The lowest BCUT2D eigenvalue weighted by molar-refractivity contribution is -0.641. The van der Waals surface area contributed by atoms with Gasteiger partial charge in [0.1, 0.15) is 0 Å². The third-order valence-electron chi connectivity index (χ3n) is 11.7. The molecule has 4 nitrogen and oxygen atoms in total. The van der Waals surface area contributed by atoms with Crippen molar-refractivity contribution in [2.75, 3.05) is 0 Å².